The van der Waals surface area contributed by atoms with E-state index in [1.807, 2.05) is 0 Å². The number of benzene rings is 1. The molecule has 0 saturated carbocycles. The van der Waals surface area contributed by atoms with Gasteiger partial charge in [-0.2, -0.15) is 0 Å². The SMILES string of the molecule is COC(=O)c1cc(N(CCO)CCO)c(S(C)(=O)=O)cc1[N+](=O)[O-]. The summed E-state index contributed by atoms with van der Waals surface area (Å²) < 4.78 is 28.5. The first-order chi connectivity index (χ1) is 11.2. The summed E-state index contributed by atoms with van der Waals surface area (Å²) in [5.41, 5.74) is -1.17. The number of hydrogen-bond acceptors (Lipinski definition) is 9. The number of carbonyl (C=O) groups excluding carboxylic acids is 1. The molecule has 24 heavy (non-hydrogen) atoms. The number of rotatable bonds is 8. The molecule has 0 bridgehead atoms. The third kappa shape index (κ3) is 4.40. The highest BCUT2D eigenvalue weighted by Crippen LogP contribution is 2.33. The summed E-state index contributed by atoms with van der Waals surface area (Å²) in [6, 6.07) is 1.80. The first-order valence-corrected chi connectivity index (χ1v) is 8.64. The highest BCUT2D eigenvalue weighted by molar-refractivity contribution is 7.90. The van der Waals surface area contributed by atoms with E-state index in [2.05, 4.69) is 4.74 Å². The molecule has 0 aliphatic rings. The van der Waals surface area contributed by atoms with Crippen molar-refractivity contribution in [3.05, 3.63) is 27.8 Å². The lowest BCUT2D eigenvalue weighted by molar-refractivity contribution is -0.385. The number of nitrogens with zero attached hydrogens (tertiary/aromatic N) is 2. The fourth-order valence-corrected chi connectivity index (χ4v) is 3.01. The molecule has 10 nitrogen and oxygen atoms in total. The molecule has 0 amide bonds. The van der Waals surface area contributed by atoms with Gasteiger partial charge >= 0.3 is 5.97 Å². The molecule has 11 heteroatoms. The second-order valence-electron chi connectivity index (χ2n) is 4.79. The number of hydrogen-bond donors (Lipinski definition) is 2. The third-order valence-electron chi connectivity index (χ3n) is 3.16. The van der Waals surface area contributed by atoms with Gasteiger partial charge in [0, 0.05) is 25.4 Å². The summed E-state index contributed by atoms with van der Waals surface area (Å²) in [4.78, 5) is 23.0. The van der Waals surface area contributed by atoms with Crippen LogP contribution < -0.4 is 4.90 Å². The van der Waals surface area contributed by atoms with E-state index in [0.717, 1.165) is 25.5 Å². The highest BCUT2D eigenvalue weighted by atomic mass is 32.2. The Hall–Kier alpha value is -2.24. The van der Waals surface area contributed by atoms with E-state index < -0.39 is 32.0 Å². The Balaban J connectivity index is 3.76. The molecule has 0 unspecified atom stereocenters. The van der Waals surface area contributed by atoms with Crippen LogP contribution in [0.5, 0.6) is 0 Å². The number of aliphatic hydroxyl groups is 2. The van der Waals surface area contributed by atoms with Gasteiger partial charge in [-0.05, 0) is 6.07 Å². The van der Waals surface area contributed by atoms with Crippen LogP contribution in [-0.4, -0.2) is 69.2 Å². The predicted octanol–water partition coefficient (Wildman–Crippen LogP) is -0.424. The summed E-state index contributed by atoms with van der Waals surface area (Å²) in [7, 11) is -2.84. The molecule has 0 aromatic heterocycles. The average molecular weight is 362 g/mol. The Morgan fingerprint density at radius 2 is 1.83 bits per heavy atom. The molecule has 1 rings (SSSR count). The Morgan fingerprint density at radius 3 is 2.21 bits per heavy atom. The summed E-state index contributed by atoms with van der Waals surface area (Å²) >= 11 is 0. The van der Waals surface area contributed by atoms with Gasteiger partial charge in [0.05, 0.1) is 35.8 Å². The molecular formula is C13H18N2O8S. The molecule has 2 N–H and O–H groups in total. The van der Waals surface area contributed by atoms with Gasteiger partial charge in [-0.1, -0.05) is 0 Å². The Kier molecular flexibility index (Phi) is 6.63. The van der Waals surface area contributed by atoms with E-state index in [0.29, 0.717) is 0 Å². The number of methoxy groups -OCH3 is 1. The van der Waals surface area contributed by atoms with Crippen LogP contribution in [0, 0.1) is 10.1 Å². The van der Waals surface area contributed by atoms with Crippen molar-refractivity contribution in [3.8, 4) is 0 Å². The summed E-state index contributed by atoms with van der Waals surface area (Å²) in [5, 5.41) is 29.4. The number of sulfone groups is 1. The van der Waals surface area contributed by atoms with Gasteiger partial charge in [0.15, 0.2) is 9.84 Å². The van der Waals surface area contributed by atoms with E-state index in [1.165, 1.54) is 4.90 Å². The molecule has 0 saturated heterocycles. The molecule has 0 radical (unpaired) electrons. The van der Waals surface area contributed by atoms with Crippen molar-refractivity contribution in [1.29, 1.82) is 0 Å². The zero-order valence-corrected chi connectivity index (χ0v) is 13.9. The number of nitro groups is 1. The lowest BCUT2D eigenvalue weighted by Gasteiger charge is -2.25. The van der Waals surface area contributed by atoms with Crippen LogP contribution in [0.3, 0.4) is 0 Å². The van der Waals surface area contributed by atoms with Gasteiger partial charge in [-0.15, -0.1) is 0 Å². The molecular weight excluding hydrogens is 344 g/mol. The largest absolute Gasteiger partial charge is 0.465 e. The normalized spacial score (nSPS) is 11.2. The zero-order valence-electron chi connectivity index (χ0n) is 13.1. The van der Waals surface area contributed by atoms with Crippen LogP contribution in [0.15, 0.2) is 17.0 Å². The quantitative estimate of drug-likeness (QED) is 0.357. The number of anilines is 1. The molecule has 1 aromatic rings. The number of ether oxygens (including phenoxy) is 1. The third-order valence-corrected chi connectivity index (χ3v) is 4.29. The van der Waals surface area contributed by atoms with Crippen LogP contribution in [0.25, 0.3) is 0 Å². The van der Waals surface area contributed by atoms with Crippen molar-refractivity contribution in [1.82, 2.24) is 0 Å². The molecule has 0 heterocycles. The fourth-order valence-electron chi connectivity index (χ4n) is 2.12. The number of nitro benzene ring substituents is 1. The summed E-state index contributed by atoms with van der Waals surface area (Å²) in [6.45, 7) is -0.787. The molecule has 134 valence electrons. The van der Waals surface area contributed by atoms with Gasteiger partial charge in [0.25, 0.3) is 5.69 Å². The second-order valence-corrected chi connectivity index (χ2v) is 6.78. The van der Waals surface area contributed by atoms with Crippen molar-refractivity contribution >= 4 is 27.2 Å². The van der Waals surface area contributed by atoms with Crippen molar-refractivity contribution in [3.63, 3.8) is 0 Å². The smallest absolute Gasteiger partial charge is 0.344 e. The minimum Gasteiger partial charge on any atom is -0.465 e. The van der Waals surface area contributed by atoms with Crippen LogP contribution in [0.1, 0.15) is 10.4 Å². The molecule has 0 fully saturated rings. The van der Waals surface area contributed by atoms with Crippen LogP contribution in [0.4, 0.5) is 11.4 Å². The van der Waals surface area contributed by atoms with Crippen molar-refractivity contribution in [2.45, 2.75) is 4.90 Å². The maximum Gasteiger partial charge on any atom is 0.344 e. The van der Waals surface area contributed by atoms with Crippen molar-refractivity contribution in [2.24, 2.45) is 0 Å². The Labute approximate surface area is 138 Å². The Morgan fingerprint density at radius 1 is 1.29 bits per heavy atom. The van der Waals surface area contributed by atoms with E-state index in [4.69, 9.17) is 10.2 Å². The molecule has 0 aliphatic heterocycles. The lowest BCUT2D eigenvalue weighted by Crippen LogP contribution is -2.31. The van der Waals surface area contributed by atoms with Crippen molar-refractivity contribution < 1.29 is 33.1 Å². The van der Waals surface area contributed by atoms with Crippen LogP contribution in [0.2, 0.25) is 0 Å². The van der Waals surface area contributed by atoms with Gasteiger partial charge < -0.3 is 19.8 Å². The number of carbonyl (C=O) groups is 1. The fraction of sp³-hybridized carbons (Fsp3) is 0.462. The van der Waals surface area contributed by atoms with Crippen molar-refractivity contribution in [2.75, 3.05) is 44.6 Å². The van der Waals surface area contributed by atoms with E-state index in [1.54, 1.807) is 0 Å². The van der Waals surface area contributed by atoms with E-state index in [-0.39, 0.29) is 36.9 Å². The predicted molar refractivity (Wildman–Crippen MR) is 83.9 cm³/mol. The van der Waals surface area contributed by atoms with E-state index in [9.17, 15) is 23.3 Å². The van der Waals surface area contributed by atoms with Crippen LogP contribution >= 0.6 is 0 Å². The lowest BCUT2D eigenvalue weighted by atomic mass is 10.1. The summed E-state index contributed by atoms with van der Waals surface area (Å²) in [6.07, 6.45) is 0.865. The first-order valence-electron chi connectivity index (χ1n) is 6.74. The van der Waals surface area contributed by atoms with Gasteiger partial charge in [-0.25, -0.2) is 13.2 Å². The molecule has 0 spiro atoms. The monoisotopic (exact) mass is 362 g/mol. The second kappa shape index (κ2) is 8.04. The minimum absolute atomic E-state index is 0.0356. The summed E-state index contributed by atoms with van der Waals surface area (Å²) in [5.74, 6) is -1.00. The van der Waals surface area contributed by atoms with Crippen LogP contribution in [-0.2, 0) is 14.6 Å². The van der Waals surface area contributed by atoms with E-state index >= 15 is 0 Å². The standard InChI is InChI=1S/C13H18N2O8S/c1-23-13(18)9-7-11(14(3-5-16)4-6-17)12(24(2,21)22)8-10(9)15(19)20/h7-8,16-17H,3-6H2,1-2H3. The Bertz CT molecular complexity index is 726. The average Bonchev–Trinajstić information content (AvgIpc) is 2.51. The van der Waals surface area contributed by atoms with Gasteiger partial charge in [-0.3, -0.25) is 10.1 Å². The molecule has 0 atom stereocenters. The van der Waals surface area contributed by atoms with Gasteiger partial charge in [0.2, 0.25) is 0 Å². The minimum atomic E-state index is -3.88. The maximum atomic E-state index is 12.0. The van der Waals surface area contributed by atoms with Gasteiger partial charge in [0.1, 0.15) is 5.56 Å². The molecule has 1 aromatic carbocycles. The molecule has 0 aliphatic carbocycles. The number of aliphatic hydroxyl groups excluding tert-OH is 2. The first kappa shape index (κ1) is 19.8. The topological polar surface area (TPSA) is 147 Å². The highest BCUT2D eigenvalue weighted by Gasteiger charge is 2.29. The maximum absolute atomic E-state index is 12.0. The number of esters is 1. The zero-order chi connectivity index (χ0) is 18.5.